The molecule has 13 heavy (non-hydrogen) atoms. The van der Waals surface area contributed by atoms with Crippen LogP contribution in [0.2, 0.25) is 0 Å². The first-order valence-electron chi connectivity index (χ1n) is 5.87. The van der Waals surface area contributed by atoms with E-state index in [4.69, 9.17) is 0 Å². The minimum atomic E-state index is -0.0129. The van der Waals surface area contributed by atoms with Gasteiger partial charge in [-0.1, -0.05) is 33.6 Å². The largest absolute Gasteiger partial charge is 0.393 e. The van der Waals surface area contributed by atoms with Crippen molar-refractivity contribution < 1.29 is 5.11 Å². The second kappa shape index (κ2) is 4.99. The Balaban J connectivity index is 2.53. The molecule has 0 aromatic carbocycles. The maximum absolute atomic E-state index is 9.92. The van der Waals surface area contributed by atoms with Gasteiger partial charge in [0.05, 0.1) is 6.10 Å². The van der Waals surface area contributed by atoms with Gasteiger partial charge in [-0.3, -0.25) is 0 Å². The monoisotopic (exact) mass is 184 g/mol. The fourth-order valence-corrected chi connectivity index (χ4v) is 2.81. The van der Waals surface area contributed by atoms with Crippen LogP contribution in [0.1, 0.15) is 52.9 Å². The predicted molar refractivity (Wildman–Crippen MR) is 56.6 cm³/mol. The molecule has 1 rings (SSSR count). The topological polar surface area (TPSA) is 20.2 Å². The van der Waals surface area contributed by atoms with Gasteiger partial charge < -0.3 is 5.11 Å². The van der Waals surface area contributed by atoms with Crippen molar-refractivity contribution in [3.63, 3.8) is 0 Å². The summed E-state index contributed by atoms with van der Waals surface area (Å²) in [6, 6.07) is 0. The fourth-order valence-electron chi connectivity index (χ4n) is 2.81. The highest BCUT2D eigenvalue weighted by molar-refractivity contribution is 4.82. The van der Waals surface area contributed by atoms with E-state index in [1.807, 2.05) is 0 Å². The molecule has 3 atom stereocenters. The first-order valence-corrected chi connectivity index (χ1v) is 5.87. The van der Waals surface area contributed by atoms with E-state index >= 15 is 0 Å². The molecule has 3 unspecified atom stereocenters. The Kier molecular flexibility index (Phi) is 4.24. The van der Waals surface area contributed by atoms with Crippen LogP contribution >= 0.6 is 0 Å². The summed E-state index contributed by atoms with van der Waals surface area (Å²) in [4.78, 5) is 0. The van der Waals surface area contributed by atoms with Crippen molar-refractivity contribution in [3.05, 3.63) is 0 Å². The summed E-state index contributed by atoms with van der Waals surface area (Å²) in [5.74, 6) is 2.16. The molecule has 1 saturated carbocycles. The minimum Gasteiger partial charge on any atom is -0.393 e. The summed E-state index contributed by atoms with van der Waals surface area (Å²) in [6.07, 6.45) is 5.94. The molecule has 0 radical (unpaired) electrons. The zero-order valence-electron chi connectivity index (χ0n) is 9.29. The van der Waals surface area contributed by atoms with Crippen molar-refractivity contribution in [1.29, 1.82) is 0 Å². The van der Waals surface area contributed by atoms with E-state index in [0.29, 0.717) is 5.92 Å². The van der Waals surface area contributed by atoms with Crippen molar-refractivity contribution >= 4 is 0 Å². The van der Waals surface area contributed by atoms with Crippen LogP contribution in [0.15, 0.2) is 0 Å². The van der Waals surface area contributed by atoms with Gasteiger partial charge in [0.1, 0.15) is 0 Å². The number of rotatable bonds is 3. The maximum atomic E-state index is 9.92. The third-order valence-electron chi connectivity index (χ3n) is 3.78. The van der Waals surface area contributed by atoms with Gasteiger partial charge in [0.25, 0.3) is 0 Å². The van der Waals surface area contributed by atoms with Crippen LogP contribution in [0.25, 0.3) is 0 Å². The molecule has 1 fully saturated rings. The molecule has 1 aliphatic rings. The zero-order chi connectivity index (χ0) is 9.84. The van der Waals surface area contributed by atoms with E-state index in [9.17, 15) is 5.11 Å². The third-order valence-corrected chi connectivity index (χ3v) is 3.78. The molecule has 0 saturated heterocycles. The third kappa shape index (κ3) is 2.70. The van der Waals surface area contributed by atoms with Crippen molar-refractivity contribution in [3.8, 4) is 0 Å². The van der Waals surface area contributed by atoms with E-state index in [-0.39, 0.29) is 6.10 Å². The van der Waals surface area contributed by atoms with E-state index < -0.39 is 0 Å². The van der Waals surface area contributed by atoms with Crippen LogP contribution in [0.5, 0.6) is 0 Å². The molecule has 1 aliphatic carbocycles. The van der Waals surface area contributed by atoms with E-state index in [0.717, 1.165) is 18.3 Å². The van der Waals surface area contributed by atoms with Gasteiger partial charge in [-0.25, -0.2) is 0 Å². The van der Waals surface area contributed by atoms with Crippen LogP contribution in [0.4, 0.5) is 0 Å². The fraction of sp³-hybridized carbons (Fsp3) is 1.00. The van der Waals surface area contributed by atoms with Gasteiger partial charge in [-0.15, -0.1) is 0 Å². The quantitative estimate of drug-likeness (QED) is 0.714. The molecule has 0 bridgehead atoms. The molecule has 0 aromatic heterocycles. The number of hydrogen-bond acceptors (Lipinski definition) is 1. The van der Waals surface area contributed by atoms with E-state index in [1.165, 1.54) is 25.7 Å². The van der Waals surface area contributed by atoms with E-state index in [2.05, 4.69) is 20.8 Å². The zero-order valence-corrected chi connectivity index (χ0v) is 9.29. The highest BCUT2D eigenvalue weighted by Gasteiger charge is 2.31. The highest BCUT2D eigenvalue weighted by atomic mass is 16.3. The Morgan fingerprint density at radius 1 is 1.23 bits per heavy atom. The Morgan fingerprint density at radius 2 is 1.85 bits per heavy atom. The maximum Gasteiger partial charge on any atom is 0.0571 e. The van der Waals surface area contributed by atoms with E-state index in [1.54, 1.807) is 0 Å². The van der Waals surface area contributed by atoms with Crippen molar-refractivity contribution in [2.24, 2.45) is 17.8 Å². The smallest absolute Gasteiger partial charge is 0.0571 e. The van der Waals surface area contributed by atoms with Gasteiger partial charge in [-0.2, -0.15) is 0 Å². The molecule has 1 N–H and O–H groups in total. The Hall–Kier alpha value is -0.0400. The molecule has 0 amide bonds. The highest BCUT2D eigenvalue weighted by Crippen LogP contribution is 2.36. The SMILES string of the molecule is CCC(CC)C1CC(C)CCC1O. The standard InChI is InChI=1S/C12H24O/c1-4-10(5-2)11-8-9(3)6-7-12(11)13/h9-13H,4-8H2,1-3H3. The van der Waals surface area contributed by atoms with Crippen LogP contribution < -0.4 is 0 Å². The number of aliphatic hydroxyl groups excluding tert-OH is 1. The first kappa shape index (κ1) is 11.0. The van der Waals surface area contributed by atoms with Gasteiger partial charge >= 0.3 is 0 Å². The molecule has 0 aliphatic heterocycles. The Bertz CT molecular complexity index is 140. The van der Waals surface area contributed by atoms with Gasteiger partial charge in [-0.05, 0) is 37.0 Å². The lowest BCUT2D eigenvalue weighted by Gasteiger charge is -2.36. The number of aliphatic hydroxyl groups is 1. The summed E-state index contributed by atoms with van der Waals surface area (Å²) >= 11 is 0. The van der Waals surface area contributed by atoms with Crippen LogP contribution in [0, 0.1) is 17.8 Å². The van der Waals surface area contributed by atoms with Crippen LogP contribution in [-0.2, 0) is 0 Å². The van der Waals surface area contributed by atoms with Crippen LogP contribution in [0.3, 0.4) is 0 Å². The molecule has 0 heterocycles. The summed E-state index contributed by atoms with van der Waals surface area (Å²) < 4.78 is 0. The van der Waals surface area contributed by atoms with Crippen molar-refractivity contribution in [2.45, 2.75) is 59.0 Å². The normalized spacial score (nSPS) is 35.3. The predicted octanol–water partition coefficient (Wildman–Crippen LogP) is 3.22. The summed E-state index contributed by atoms with van der Waals surface area (Å²) in [5.41, 5.74) is 0. The molecule has 0 aromatic rings. The lowest BCUT2D eigenvalue weighted by atomic mass is 9.72. The summed E-state index contributed by atoms with van der Waals surface area (Å²) in [5, 5.41) is 9.92. The van der Waals surface area contributed by atoms with Gasteiger partial charge in [0.2, 0.25) is 0 Å². The first-order chi connectivity index (χ1) is 6.19. The molecular weight excluding hydrogens is 160 g/mol. The van der Waals surface area contributed by atoms with Crippen LogP contribution in [-0.4, -0.2) is 11.2 Å². The second-order valence-electron chi connectivity index (χ2n) is 4.73. The van der Waals surface area contributed by atoms with Crippen molar-refractivity contribution in [2.75, 3.05) is 0 Å². The van der Waals surface area contributed by atoms with Crippen molar-refractivity contribution in [1.82, 2.24) is 0 Å². The summed E-state index contributed by atoms with van der Waals surface area (Å²) in [6.45, 7) is 6.82. The molecule has 0 spiro atoms. The average molecular weight is 184 g/mol. The Labute approximate surface area is 82.5 Å². The molecule has 1 heteroatoms. The second-order valence-corrected chi connectivity index (χ2v) is 4.73. The average Bonchev–Trinajstić information content (AvgIpc) is 2.13. The number of hydrogen-bond donors (Lipinski definition) is 1. The molecular formula is C12H24O. The molecule has 1 nitrogen and oxygen atoms in total. The Morgan fingerprint density at radius 3 is 2.38 bits per heavy atom. The lowest BCUT2D eigenvalue weighted by molar-refractivity contribution is 0.0176. The lowest BCUT2D eigenvalue weighted by Crippen LogP contribution is -2.33. The van der Waals surface area contributed by atoms with Gasteiger partial charge in [0.15, 0.2) is 0 Å². The van der Waals surface area contributed by atoms with Gasteiger partial charge in [0, 0.05) is 0 Å². The summed E-state index contributed by atoms with van der Waals surface area (Å²) in [7, 11) is 0. The molecule has 78 valence electrons. The minimum absolute atomic E-state index is 0.0129.